The highest BCUT2D eigenvalue weighted by atomic mass is 16.5. The highest BCUT2D eigenvalue weighted by Crippen LogP contribution is 2.34. The fraction of sp³-hybridized carbons (Fsp3) is 0.769. The average molecular weight is 235 g/mol. The van der Waals surface area contributed by atoms with Gasteiger partial charge in [0.05, 0.1) is 24.5 Å². The van der Waals surface area contributed by atoms with Crippen LogP contribution >= 0.6 is 0 Å². The third-order valence-corrected chi connectivity index (χ3v) is 4.26. The largest absolute Gasteiger partial charge is 0.378 e. The molecule has 0 spiro atoms. The molecule has 1 fully saturated rings. The molecule has 17 heavy (non-hydrogen) atoms. The van der Waals surface area contributed by atoms with Gasteiger partial charge in [-0.15, -0.1) is 0 Å². The van der Waals surface area contributed by atoms with Crippen molar-refractivity contribution in [2.45, 2.75) is 51.4 Å². The van der Waals surface area contributed by atoms with Gasteiger partial charge in [-0.2, -0.15) is 0 Å². The fourth-order valence-electron chi connectivity index (χ4n) is 3.06. The Morgan fingerprint density at radius 3 is 2.88 bits per heavy atom. The van der Waals surface area contributed by atoms with Gasteiger partial charge < -0.3 is 9.30 Å². The SMILES string of the molecule is COCc1cnc2n1CCN(C1CCC1)[C@H]2C. The lowest BCUT2D eigenvalue weighted by molar-refractivity contribution is 0.0593. The van der Waals surface area contributed by atoms with E-state index in [4.69, 9.17) is 4.74 Å². The molecular weight excluding hydrogens is 214 g/mol. The van der Waals surface area contributed by atoms with Crippen molar-refractivity contribution < 1.29 is 4.74 Å². The van der Waals surface area contributed by atoms with Gasteiger partial charge in [-0.1, -0.05) is 6.42 Å². The van der Waals surface area contributed by atoms with E-state index < -0.39 is 0 Å². The van der Waals surface area contributed by atoms with Gasteiger partial charge in [-0.25, -0.2) is 4.98 Å². The molecule has 1 aromatic rings. The van der Waals surface area contributed by atoms with E-state index in [-0.39, 0.29) is 0 Å². The molecule has 2 heterocycles. The first-order chi connectivity index (χ1) is 8.31. The van der Waals surface area contributed by atoms with Crippen LogP contribution in [0.25, 0.3) is 0 Å². The molecule has 0 saturated heterocycles. The van der Waals surface area contributed by atoms with Gasteiger partial charge in [0.25, 0.3) is 0 Å². The Balaban J connectivity index is 1.82. The Morgan fingerprint density at radius 1 is 1.41 bits per heavy atom. The van der Waals surface area contributed by atoms with E-state index in [1.807, 2.05) is 6.20 Å². The van der Waals surface area contributed by atoms with Crippen LogP contribution in [0.3, 0.4) is 0 Å². The first-order valence-electron chi connectivity index (χ1n) is 6.60. The molecule has 1 atom stereocenters. The van der Waals surface area contributed by atoms with Crippen LogP contribution in [0.4, 0.5) is 0 Å². The van der Waals surface area contributed by atoms with Crippen molar-refractivity contribution in [2.24, 2.45) is 0 Å². The van der Waals surface area contributed by atoms with E-state index in [9.17, 15) is 0 Å². The second kappa shape index (κ2) is 4.42. The molecule has 4 nitrogen and oxygen atoms in total. The van der Waals surface area contributed by atoms with Crippen LogP contribution in [-0.4, -0.2) is 34.1 Å². The summed E-state index contributed by atoms with van der Waals surface area (Å²) in [5, 5.41) is 0. The average Bonchev–Trinajstić information content (AvgIpc) is 2.65. The van der Waals surface area contributed by atoms with Crippen molar-refractivity contribution in [1.29, 1.82) is 0 Å². The quantitative estimate of drug-likeness (QED) is 0.802. The summed E-state index contributed by atoms with van der Waals surface area (Å²) in [5.41, 5.74) is 1.21. The van der Waals surface area contributed by atoms with E-state index in [1.165, 1.54) is 30.8 Å². The van der Waals surface area contributed by atoms with Crippen LogP contribution in [0, 0.1) is 0 Å². The monoisotopic (exact) mass is 235 g/mol. The molecular formula is C13H21N3O. The number of hydrogen-bond acceptors (Lipinski definition) is 3. The number of aromatic nitrogens is 2. The van der Waals surface area contributed by atoms with Gasteiger partial charge in [-0.05, 0) is 19.8 Å². The Labute approximate surface area is 103 Å². The van der Waals surface area contributed by atoms with Gasteiger partial charge in [0, 0.05) is 26.2 Å². The molecule has 1 saturated carbocycles. The van der Waals surface area contributed by atoms with E-state index in [2.05, 4.69) is 21.4 Å². The maximum Gasteiger partial charge on any atom is 0.126 e. The summed E-state index contributed by atoms with van der Waals surface area (Å²) in [6, 6.07) is 1.26. The Hall–Kier alpha value is -0.870. The van der Waals surface area contributed by atoms with E-state index in [0.29, 0.717) is 12.6 Å². The third-order valence-electron chi connectivity index (χ3n) is 4.26. The van der Waals surface area contributed by atoms with Crippen molar-refractivity contribution >= 4 is 0 Å². The van der Waals surface area contributed by atoms with Gasteiger partial charge >= 0.3 is 0 Å². The first-order valence-corrected chi connectivity index (χ1v) is 6.60. The fourth-order valence-corrected chi connectivity index (χ4v) is 3.06. The van der Waals surface area contributed by atoms with Crippen LogP contribution in [-0.2, 0) is 17.9 Å². The summed E-state index contributed by atoms with van der Waals surface area (Å²) in [6.45, 7) is 5.18. The highest BCUT2D eigenvalue weighted by Gasteiger charge is 2.34. The normalized spacial score (nSPS) is 25.6. The topological polar surface area (TPSA) is 30.3 Å². The molecule has 0 aromatic carbocycles. The molecule has 3 rings (SSSR count). The molecule has 1 aliphatic carbocycles. The van der Waals surface area contributed by atoms with Gasteiger partial charge in [0.1, 0.15) is 5.82 Å². The molecule has 0 amide bonds. The predicted molar refractivity (Wildman–Crippen MR) is 65.7 cm³/mol. The highest BCUT2D eigenvalue weighted by molar-refractivity contribution is 5.11. The van der Waals surface area contributed by atoms with E-state index >= 15 is 0 Å². The van der Waals surface area contributed by atoms with Gasteiger partial charge in [0.15, 0.2) is 0 Å². The number of imidazole rings is 1. The summed E-state index contributed by atoms with van der Waals surface area (Å²) in [5.74, 6) is 1.22. The second-order valence-electron chi connectivity index (χ2n) is 5.19. The predicted octanol–water partition coefficient (Wildman–Crippen LogP) is 1.96. The van der Waals surface area contributed by atoms with Crippen molar-refractivity contribution in [3.63, 3.8) is 0 Å². The maximum atomic E-state index is 5.22. The number of fused-ring (bicyclic) bond motifs is 1. The molecule has 1 aliphatic heterocycles. The molecule has 94 valence electrons. The number of rotatable bonds is 3. The second-order valence-corrected chi connectivity index (χ2v) is 5.19. The molecule has 0 bridgehead atoms. The van der Waals surface area contributed by atoms with Crippen LogP contribution in [0.2, 0.25) is 0 Å². The smallest absolute Gasteiger partial charge is 0.126 e. The lowest BCUT2D eigenvalue weighted by Crippen LogP contribution is -2.46. The van der Waals surface area contributed by atoms with Crippen molar-refractivity contribution in [2.75, 3.05) is 13.7 Å². The van der Waals surface area contributed by atoms with Crippen LogP contribution in [0.5, 0.6) is 0 Å². The molecule has 2 aliphatic rings. The summed E-state index contributed by atoms with van der Waals surface area (Å²) in [7, 11) is 1.74. The first kappa shape index (κ1) is 11.2. The summed E-state index contributed by atoms with van der Waals surface area (Å²) < 4.78 is 7.56. The molecule has 0 unspecified atom stereocenters. The number of nitrogens with zero attached hydrogens (tertiary/aromatic N) is 3. The van der Waals surface area contributed by atoms with Crippen molar-refractivity contribution in [3.8, 4) is 0 Å². The van der Waals surface area contributed by atoms with Crippen LogP contribution in [0.1, 0.15) is 43.7 Å². The number of methoxy groups -OCH3 is 1. The van der Waals surface area contributed by atoms with Crippen LogP contribution in [0.15, 0.2) is 6.20 Å². The Bertz CT molecular complexity index is 397. The summed E-state index contributed by atoms with van der Waals surface area (Å²) in [6.07, 6.45) is 6.11. The summed E-state index contributed by atoms with van der Waals surface area (Å²) in [4.78, 5) is 7.22. The number of ether oxygens (including phenoxy) is 1. The van der Waals surface area contributed by atoms with Gasteiger partial charge in [0.2, 0.25) is 0 Å². The molecule has 0 N–H and O–H groups in total. The van der Waals surface area contributed by atoms with Gasteiger partial charge in [-0.3, -0.25) is 4.90 Å². The standard InChI is InChI=1S/C13H21N3O/c1-10-13-14-8-12(9-17-2)16(13)7-6-15(10)11-4-3-5-11/h8,10-11H,3-7,9H2,1-2H3/t10-/m0/s1. The third kappa shape index (κ3) is 1.79. The molecule has 4 heteroatoms. The van der Waals surface area contributed by atoms with E-state index in [0.717, 1.165) is 19.1 Å². The van der Waals surface area contributed by atoms with E-state index in [1.54, 1.807) is 7.11 Å². The minimum Gasteiger partial charge on any atom is -0.378 e. The summed E-state index contributed by atoms with van der Waals surface area (Å²) >= 11 is 0. The zero-order valence-corrected chi connectivity index (χ0v) is 10.7. The maximum absolute atomic E-state index is 5.22. The van der Waals surface area contributed by atoms with Crippen LogP contribution < -0.4 is 0 Å². The minimum atomic E-state index is 0.458. The lowest BCUT2D eigenvalue weighted by Gasteiger charge is -2.43. The zero-order chi connectivity index (χ0) is 11.8. The van der Waals surface area contributed by atoms with Crippen molar-refractivity contribution in [3.05, 3.63) is 17.7 Å². The minimum absolute atomic E-state index is 0.458. The molecule has 1 aromatic heterocycles. The molecule has 0 radical (unpaired) electrons. The zero-order valence-electron chi connectivity index (χ0n) is 10.7. The Kier molecular flexibility index (Phi) is 2.92. The Morgan fingerprint density at radius 2 is 2.24 bits per heavy atom. The van der Waals surface area contributed by atoms with Crippen molar-refractivity contribution in [1.82, 2.24) is 14.5 Å². The number of hydrogen-bond donors (Lipinski definition) is 0. The lowest BCUT2D eigenvalue weighted by atomic mass is 9.90.